The highest BCUT2D eigenvalue weighted by atomic mass is 15.3. The summed E-state index contributed by atoms with van der Waals surface area (Å²) in [5, 5.41) is 0. The van der Waals surface area contributed by atoms with E-state index in [9.17, 15) is 0 Å². The maximum absolute atomic E-state index is 5.77. The van der Waals surface area contributed by atoms with E-state index >= 15 is 0 Å². The number of hydrogen-bond acceptors (Lipinski definition) is 3. The minimum Gasteiger partial charge on any atom is -0.399 e. The van der Waals surface area contributed by atoms with Crippen molar-refractivity contribution < 1.29 is 0 Å². The number of H-pyrrole nitrogens is 1. The summed E-state index contributed by atoms with van der Waals surface area (Å²) in [6.45, 7) is 4.50. The van der Waals surface area contributed by atoms with E-state index < -0.39 is 0 Å². The first kappa shape index (κ1) is 10.4. The number of nitrogens with one attached hydrogen (secondary N) is 1. The van der Waals surface area contributed by atoms with Crippen LogP contribution in [0.3, 0.4) is 0 Å². The lowest BCUT2D eigenvalue weighted by Crippen LogP contribution is -2.33. The first-order valence-electron chi connectivity index (χ1n) is 6.22. The van der Waals surface area contributed by atoms with Crippen molar-refractivity contribution in [3.05, 3.63) is 18.2 Å². The van der Waals surface area contributed by atoms with Crippen molar-refractivity contribution in [1.82, 2.24) is 9.97 Å². The van der Waals surface area contributed by atoms with Crippen LogP contribution in [0.4, 0.5) is 11.6 Å². The van der Waals surface area contributed by atoms with Crippen molar-refractivity contribution in [2.45, 2.75) is 19.8 Å². The minimum atomic E-state index is 0.778. The van der Waals surface area contributed by atoms with Crippen molar-refractivity contribution in [1.29, 1.82) is 0 Å². The van der Waals surface area contributed by atoms with Gasteiger partial charge in [-0.05, 0) is 37.0 Å². The van der Waals surface area contributed by atoms with Crippen LogP contribution >= 0.6 is 0 Å². The Bertz CT molecular complexity index is 523. The SMILES string of the molecule is CC1CCN(c2nc3ccc(N)cc3[nH]2)CC1. The normalized spacial score (nSPS) is 17.8. The molecular formula is C13H18N4. The molecule has 4 heteroatoms. The van der Waals surface area contributed by atoms with Gasteiger partial charge in [-0.3, -0.25) is 0 Å². The van der Waals surface area contributed by atoms with Crippen molar-refractivity contribution >= 4 is 22.7 Å². The zero-order chi connectivity index (χ0) is 11.8. The number of aromatic amines is 1. The third kappa shape index (κ3) is 1.95. The van der Waals surface area contributed by atoms with Crippen molar-refractivity contribution in [2.75, 3.05) is 23.7 Å². The van der Waals surface area contributed by atoms with Gasteiger partial charge in [-0.2, -0.15) is 0 Å². The van der Waals surface area contributed by atoms with E-state index in [1.165, 1.54) is 12.8 Å². The number of hydrogen-bond donors (Lipinski definition) is 2. The Labute approximate surface area is 101 Å². The Morgan fingerprint density at radius 3 is 2.88 bits per heavy atom. The number of nitrogen functional groups attached to an aromatic ring is 1. The number of benzene rings is 1. The average molecular weight is 230 g/mol. The Balaban J connectivity index is 1.90. The number of aromatic nitrogens is 2. The molecule has 0 radical (unpaired) electrons. The summed E-state index contributed by atoms with van der Waals surface area (Å²) >= 11 is 0. The molecule has 2 aromatic rings. The highest BCUT2D eigenvalue weighted by Gasteiger charge is 2.18. The van der Waals surface area contributed by atoms with Crippen LogP contribution in [0, 0.1) is 5.92 Å². The van der Waals surface area contributed by atoms with Crippen molar-refractivity contribution in [2.24, 2.45) is 5.92 Å². The van der Waals surface area contributed by atoms with E-state index in [1.807, 2.05) is 18.2 Å². The van der Waals surface area contributed by atoms with Crippen LogP contribution in [0.5, 0.6) is 0 Å². The maximum atomic E-state index is 5.77. The highest BCUT2D eigenvalue weighted by Crippen LogP contribution is 2.23. The molecule has 90 valence electrons. The summed E-state index contributed by atoms with van der Waals surface area (Å²) in [6.07, 6.45) is 2.50. The van der Waals surface area contributed by atoms with E-state index in [4.69, 9.17) is 5.73 Å². The van der Waals surface area contributed by atoms with E-state index in [0.29, 0.717) is 0 Å². The number of fused-ring (bicyclic) bond motifs is 1. The first-order valence-corrected chi connectivity index (χ1v) is 6.22. The van der Waals surface area contributed by atoms with Gasteiger partial charge in [0.25, 0.3) is 0 Å². The molecule has 1 saturated heterocycles. The molecule has 0 aliphatic carbocycles. The van der Waals surface area contributed by atoms with Crippen LogP contribution in [0.2, 0.25) is 0 Å². The molecule has 1 aliphatic rings. The molecule has 17 heavy (non-hydrogen) atoms. The lowest BCUT2D eigenvalue weighted by molar-refractivity contribution is 0.435. The second-order valence-electron chi connectivity index (χ2n) is 5.01. The standard InChI is InChI=1S/C13H18N4/c1-9-4-6-17(7-5-9)13-15-11-3-2-10(14)8-12(11)16-13/h2-3,8-9H,4-7,14H2,1H3,(H,15,16). The lowest BCUT2D eigenvalue weighted by Gasteiger charge is -2.29. The molecular weight excluding hydrogens is 212 g/mol. The summed E-state index contributed by atoms with van der Waals surface area (Å²) in [4.78, 5) is 10.3. The Morgan fingerprint density at radius 1 is 1.35 bits per heavy atom. The number of nitrogens with two attached hydrogens (primary N) is 1. The topological polar surface area (TPSA) is 57.9 Å². The third-order valence-electron chi connectivity index (χ3n) is 3.58. The van der Waals surface area contributed by atoms with Crippen LogP contribution in [0.1, 0.15) is 19.8 Å². The summed E-state index contributed by atoms with van der Waals surface area (Å²) in [6, 6.07) is 5.81. The number of piperidine rings is 1. The van der Waals surface area contributed by atoms with Gasteiger partial charge in [0, 0.05) is 18.8 Å². The molecule has 3 rings (SSSR count). The van der Waals surface area contributed by atoms with Crippen LogP contribution in [-0.4, -0.2) is 23.1 Å². The van der Waals surface area contributed by atoms with Crippen LogP contribution < -0.4 is 10.6 Å². The zero-order valence-corrected chi connectivity index (χ0v) is 10.1. The number of rotatable bonds is 1. The molecule has 0 bridgehead atoms. The Morgan fingerprint density at radius 2 is 2.12 bits per heavy atom. The van der Waals surface area contributed by atoms with E-state index in [2.05, 4.69) is 21.8 Å². The van der Waals surface area contributed by atoms with E-state index in [-0.39, 0.29) is 0 Å². The summed E-state index contributed by atoms with van der Waals surface area (Å²) < 4.78 is 0. The smallest absolute Gasteiger partial charge is 0.203 e. The Kier molecular flexibility index (Phi) is 2.42. The average Bonchev–Trinajstić information content (AvgIpc) is 2.72. The summed E-state index contributed by atoms with van der Waals surface area (Å²) in [5.41, 5.74) is 8.57. The highest BCUT2D eigenvalue weighted by molar-refractivity contribution is 5.80. The molecule has 0 saturated carbocycles. The fourth-order valence-corrected chi connectivity index (χ4v) is 2.38. The van der Waals surface area contributed by atoms with Gasteiger partial charge in [-0.1, -0.05) is 6.92 Å². The number of nitrogens with zero attached hydrogens (tertiary/aromatic N) is 2. The van der Waals surface area contributed by atoms with Crippen molar-refractivity contribution in [3.63, 3.8) is 0 Å². The molecule has 1 aromatic heterocycles. The van der Waals surface area contributed by atoms with Gasteiger partial charge < -0.3 is 15.6 Å². The molecule has 1 fully saturated rings. The molecule has 0 unspecified atom stereocenters. The predicted molar refractivity (Wildman–Crippen MR) is 71.1 cm³/mol. The van der Waals surface area contributed by atoms with Gasteiger partial charge in [0.1, 0.15) is 0 Å². The maximum Gasteiger partial charge on any atom is 0.203 e. The molecule has 0 spiro atoms. The molecule has 0 amide bonds. The summed E-state index contributed by atoms with van der Waals surface area (Å²) in [5.74, 6) is 1.82. The van der Waals surface area contributed by atoms with Gasteiger partial charge in [-0.15, -0.1) is 0 Å². The second-order valence-corrected chi connectivity index (χ2v) is 5.01. The molecule has 1 aromatic carbocycles. The molecule has 1 aliphatic heterocycles. The predicted octanol–water partition coefficient (Wildman–Crippen LogP) is 2.38. The van der Waals surface area contributed by atoms with Gasteiger partial charge in [0.05, 0.1) is 11.0 Å². The Hall–Kier alpha value is -1.71. The molecule has 3 N–H and O–H groups in total. The fourth-order valence-electron chi connectivity index (χ4n) is 2.38. The monoisotopic (exact) mass is 230 g/mol. The van der Waals surface area contributed by atoms with E-state index in [0.717, 1.165) is 41.7 Å². The number of imidazole rings is 1. The van der Waals surface area contributed by atoms with Gasteiger partial charge in [-0.25, -0.2) is 4.98 Å². The third-order valence-corrected chi connectivity index (χ3v) is 3.58. The van der Waals surface area contributed by atoms with Crippen molar-refractivity contribution in [3.8, 4) is 0 Å². The largest absolute Gasteiger partial charge is 0.399 e. The van der Waals surface area contributed by atoms with Crippen LogP contribution in [-0.2, 0) is 0 Å². The molecule has 4 nitrogen and oxygen atoms in total. The zero-order valence-electron chi connectivity index (χ0n) is 10.1. The van der Waals surface area contributed by atoms with E-state index in [1.54, 1.807) is 0 Å². The minimum absolute atomic E-state index is 0.778. The second kappa shape index (κ2) is 3.95. The quantitative estimate of drug-likeness (QED) is 0.739. The molecule has 2 heterocycles. The lowest BCUT2D eigenvalue weighted by atomic mass is 10.00. The van der Waals surface area contributed by atoms with Gasteiger partial charge in [0.2, 0.25) is 5.95 Å². The summed E-state index contributed by atoms with van der Waals surface area (Å²) in [7, 11) is 0. The first-order chi connectivity index (χ1) is 8.22. The fraction of sp³-hybridized carbons (Fsp3) is 0.462. The number of anilines is 2. The molecule has 0 atom stereocenters. The van der Waals surface area contributed by atoms with Gasteiger partial charge >= 0.3 is 0 Å². The van der Waals surface area contributed by atoms with Gasteiger partial charge in [0.15, 0.2) is 0 Å². The van der Waals surface area contributed by atoms with Crippen LogP contribution in [0.15, 0.2) is 18.2 Å². The van der Waals surface area contributed by atoms with Crippen LogP contribution in [0.25, 0.3) is 11.0 Å².